The van der Waals surface area contributed by atoms with E-state index in [2.05, 4.69) is 65.9 Å². The summed E-state index contributed by atoms with van der Waals surface area (Å²) in [6.07, 6.45) is 6.70. The maximum absolute atomic E-state index is 6.47. The average Bonchev–Trinajstić information content (AvgIpc) is 3.10. The quantitative estimate of drug-likeness (QED) is 0.872. The Morgan fingerprint density at radius 3 is 1.96 bits per heavy atom. The largest absolute Gasteiger partial charge is 0.409 e. The van der Waals surface area contributed by atoms with E-state index in [1.807, 2.05) is 0 Å². The first kappa shape index (κ1) is 15.0. The molecule has 0 amide bonds. The zero-order valence-corrected chi connectivity index (χ0v) is 13.6. The molecule has 0 radical (unpaired) electrons. The molecule has 2 aromatic carbocycles. The van der Waals surface area contributed by atoms with Gasteiger partial charge in [-0.2, -0.15) is 0 Å². The van der Waals surface area contributed by atoms with Gasteiger partial charge in [-0.1, -0.05) is 79.9 Å². The average molecular weight is 305 g/mol. The van der Waals surface area contributed by atoms with Crippen molar-refractivity contribution in [3.05, 3.63) is 71.8 Å². The van der Waals surface area contributed by atoms with Crippen LogP contribution >= 0.6 is 0 Å². The molecule has 3 heteroatoms. The van der Waals surface area contributed by atoms with Crippen LogP contribution in [0.25, 0.3) is 0 Å². The van der Waals surface area contributed by atoms with Crippen molar-refractivity contribution >= 4 is 7.62 Å². The molecule has 2 aliphatic rings. The lowest BCUT2D eigenvalue weighted by Gasteiger charge is -2.41. The SMILES string of the molecule is B1N[C@H](C2CCCCC2)C(c2ccccc2)(c2ccccc2)O1. The standard InChI is InChI=1S/C20H24BNO/c1-4-10-16(11-5-1)19-20(23-21-22-19,17-12-6-2-7-13-17)18-14-8-3-9-15-18/h2-3,6-9,12-16,19,21-22H,1,4-5,10-11H2/t19-/m1/s1. The molecule has 1 saturated carbocycles. The van der Waals surface area contributed by atoms with E-state index in [-0.39, 0.29) is 5.60 Å². The van der Waals surface area contributed by atoms with E-state index in [0.717, 1.165) is 0 Å². The van der Waals surface area contributed by atoms with Crippen molar-refractivity contribution in [3.63, 3.8) is 0 Å². The first-order valence-electron chi connectivity index (χ1n) is 8.89. The molecule has 1 aliphatic carbocycles. The summed E-state index contributed by atoms with van der Waals surface area (Å²) in [6.45, 7) is 0. The molecule has 0 aromatic heterocycles. The van der Waals surface area contributed by atoms with Gasteiger partial charge in [0.15, 0.2) is 0 Å². The minimum Gasteiger partial charge on any atom is -0.409 e. The molecule has 4 rings (SSSR count). The maximum Gasteiger partial charge on any atom is 0.362 e. The van der Waals surface area contributed by atoms with Crippen LogP contribution in [0.2, 0.25) is 0 Å². The van der Waals surface area contributed by atoms with E-state index < -0.39 is 0 Å². The van der Waals surface area contributed by atoms with Gasteiger partial charge in [0.2, 0.25) is 0 Å². The summed E-state index contributed by atoms with van der Waals surface area (Å²) < 4.78 is 6.47. The molecule has 2 aromatic rings. The fourth-order valence-electron chi connectivity index (χ4n) is 4.51. The first-order chi connectivity index (χ1) is 11.4. The second kappa shape index (κ2) is 6.50. The number of benzene rings is 2. The Hall–Kier alpha value is -1.58. The second-order valence-corrected chi connectivity index (χ2v) is 6.84. The van der Waals surface area contributed by atoms with E-state index in [4.69, 9.17) is 4.65 Å². The topological polar surface area (TPSA) is 21.3 Å². The lowest BCUT2D eigenvalue weighted by atomic mass is 9.71. The normalized spacial score (nSPS) is 24.3. The van der Waals surface area contributed by atoms with E-state index in [1.165, 1.54) is 43.2 Å². The molecule has 1 heterocycles. The highest BCUT2D eigenvalue weighted by Crippen LogP contribution is 2.45. The zero-order chi connectivity index (χ0) is 15.5. The third-order valence-corrected chi connectivity index (χ3v) is 5.57. The molecule has 0 unspecified atom stereocenters. The lowest BCUT2D eigenvalue weighted by Crippen LogP contribution is -2.47. The Morgan fingerprint density at radius 1 is 0.826 bits per heavy atom. The number of rotatable bonds is 3. The van der Waals surface area contributed by atoms with Crippen molar-refractivity contribution in [3.8, 4) is 0 Å². The van der Waals surface area contributed by atoms with Gasteiger partial charge in [0.25, 0.3) is 0 Å². The summed E-state index contributed by atoms with van der Waals surface area (Å²) in [4.78, 5) is 0. The minimum atomic E-state index is -0.357. The van der Waals surface area contributed by atoms with Crippen molar-refractivity contribution in [2.24, 2.45) is 5.92 Å². The maximum atomic E-state index is 6.47. The monoisotopic (exact) mass is 305 g/mol. The highest BCUT2D eigenvalue weighted by Gasteiger charge is 2.50. The van der Waals surface area contributed by atoms with Gasteiger partial charge in [-0.25, -0.2) is 0 Å². The summed E-state index contributed by atoms with van der Waals surface area (Å²) in [5.41, 5.74) is 2.18. The van der Waals surface area contributed by atoms with E-state index >= 15 is 0 Å². The molecule has 1 saturated heterocycles. The number of nitrogens with one attached hydrogen (secondary N) is 1. The van der Waals surface area contributed by atoms with E-state index in [9.17, 15) is 0 Å². The molecular formula is C20H24BNO. The first-order valence-corrected chi connectivity index (χ1v) is 8.89. The van der Waals surface area contributed by atoms with Gasteiger partial charge in [0.1, 0.15) is 5.60 Å². The van der Waals surface area contributed by atoms with Gasteiger partial charge in [0.05, 0.1) is 0 Å². The summed E-state index contributed by atoms with van der Waals surface area (Å²) in [5.74, 6) is 0.687. The Labute approximate surface area is 139 Å². The van der Waals surface area contributed by atoms with Gasteiger partial charge in [0, 0.05) is 6.04 Å². The van der Waals surface area contributed by atoms with Crippen LogP contribution in [0.3, 0.4) is 0 Å². The third-order valence-electron chi connectivity index (χ3n) is 5.57. The van der Waals surface area contributed by atoms with Crippen LogP contribution in [-0.2, 0) is 10.3 Å². The molecule has 1 aliphatic heterocycles. The Balaban J connectivity index is 1.81. The minimum absolute atomic E-state index is 0.354. The molecule has 1 N–H and O–H groups in total. The molecule has 2 nitrogen and oxygen atoms in total. The smallest absolute Gasteiger partial charge is 0.362 e. The Kier molecular flexibility index (Phi) is 4.24. The van der Waals surface area contributed by atoms with Crippen LogP contribution in [0, 0.1) is 5.92 Å². The van der Waals surface area contributed by atoms with Crippen LogP contribution in [0.15, 0.2) is 60.7 Å². The molecule has 0 bridgehead atoms. The van der Waals surface area contributed by atoms with E-state index in [0.29, 0.717) is 19.6 Å². The van der Waals surface area contributed by atoms with Gasteiger partial charge >= 0.3 is 7.62 Å². The summed E-state index contributed by atoms with van der Waals surface area (Å²) >= 11 is 0. The van der Waals surface area contributed by atoms with E-state index in [1.54, 1.807) is 0 Å². The summed E-state index contributed by atoms with van der Waals surface area (Å²) in [7, 11) is 0.630. The van der Waals surface area contributed by atoms with Crippen molar-refractivity contribution in [1.82, 2.24) is 5.23 Å². The second-order valence-electron chi connectivity index (χ2n) is 6.84. The van der Waals surface area contributed by atoms with Crippen molar-refractivity contribution < 1.29 is 4.65 Å². The van der Waals surface area contributed by atoms with Crippen LogP contribution in [-0.4, -0.2) is 13.7 Å². The van der Waals surface area contributed by atoms with Gasteiger partial charge in [-0.15, -0.1) is 0 Å². The van der Waals surface area contributed by atoms with Crippen molar-refractivity contribution in [2.45, 2.75) is 43.7 Å². The molecular weight excluding hydrogens is 281 g/mol. The number of hydrogen-bond donors (Lipinski definition) is 1. The fourth-order valence-corrected chi connectivity index (χ4v) is 4.51. The molecule has 118 valence electrons. The van der Waals surface area contributed by atoms with Gasteiger partial charge in [-0.05, 0) is 29.9 Å². The molecule has 1 atom stereocenters. The number of hydrogen-bond acceptors (Lipinski definition) is 2. The zero-order valence-electron chi connectivity index (χ0n) is 13.6. The van der Waals surface area contributed by atoms with Gasteiger partial charge < -0.3 is 9.88 Å². The summed E-state index contributed by atoms with van der Waals surface area (Å²) in [6, 6.07) is 21.9. The van der Waals surface area contributed by atoms with Crippen LogP contribution in [0.5, 0.6) is 0 Å². The van der Waals surface area contributed by atoms with Crippen LogP contribution < -0.4 is 5.23 Å². The van der Waals surface area contributed by atoms with Crippen molar-refractivity contribution in [2.75, 3.05) is 0 Å². The predicted octanol–water partition coefficient (Wildman–Crippen LogP) is 3.77. The van der Waals surface area contributed by atoms with Crippen LogP contribution in [0.1, 0.15) is 43.2 Å². The Morgan fingerprint density at radius 2 is 1.39 bits per heavy atom. The third kappa shape index (κ3) is 2.62. The highest BCUT2D eigenvalue weighted by atomic mass is 16.5. The van der Waals surface area contributed by atoms with Crippen LogP contribution in [0.4, 0.5) is 0 Å². The fraction of sp³-hybridized carbons (Fsp3) is 0.400. The van der Waals surface area contributed by atoms with Crippen molar-refractivity contribution in [1.29, 1.82) is 0 Å². The highest BCUT2D eigenvalue weighted by molar-refractivity contribution is 6.25. The molecule has 23 heavy (non-hydrogen) atoms. The lowest BCUT2D eigenvalue weighted by molar-refractivity contribution is 0.0804. The summed E-state index contributed by atoms with van der Waals surface area (Å²) in [5, 5.41) is 3.69. The Bertz CT molecular complexity index is 585. The molecule has 2 fully saturated rings. The van der Waals surface area contributed by atoms with Gasteiger partial charge in [-0.3, -0.25) is 0 Å². The predicted molar refractivity (Wildman–Crippen MR) is 95.4 cm³/mol. The molecule has 0 spiro atoms.